The molecule has 0 radical (unpaired) electrons. The molecule has 1 heterocycles. The smallest absolute Gasteiger partial charge is 0.337 e. The number of methoxy groups -OCH3 is 2. The number of nitrogens with zero attached hydrogens (tertiary/aromatic N) is 1. The molecule has 0 saturated heterocycles. The van der Waals surface area contributed by atoms with Gasteiger partial charge in [0.05, 0.1) is 49.3 Å². The average Bonchev–Trinajstić information content (AvgIpc) is 3.05. The zero-order chi connectivity index (χ0) is 31.7. The first kappa shape index (κ1) is 32.5. The highest BCUT2D eigenvalue weighted by molar-refractivity contribution is 7.89. The van der Waals surface area contributed by atoms with E-state index in [4.69, 9.17) is 24.7 Å². The summed E-state index contributed by atoms with van der Waals surface area (Å²) in [5.74, 6) is -0.863. The monoisotopic (exact) mass is 625 g/mol. The molecular weight excluding hydrogens is 590 g/mol. The number of aliphatic hydroxyl groups excluding tert-OH is 1. The van der Waals surface area contributed by atoms with Gasteiger partial charge in [-0.1, -0.05) is 24.3 Å². The lowest BCUT2D eigenvalue weighted by Gasteiger charge is -2.30. The van der Waals surface area contributed by atoms with Gasteiger partial charge in [-0.25, -0.2) is 13.2 Å². The number of ether oxygens (including phenoxy) is 4. The van der Waals surface area contributed by atoms with Gasteiger partial charge in [-0.2, -0.15) is 4.31 Å². The number of amides is 1. The van der Waals surface area contributed by atoms with Crippen molar-refractivity contribution >= 4 is 33.3 Å². The number of nitrogen functional groups attached to an aromatic ring is 1. The fourth-order valence-electron chi connectivity index (χ4n) is 4.58. The maximum Gasteiger partial charge on any atom is 0.337 e. The molecule has 1 aliphatic heterocycles. The second-order valence-electron chi connectivity index (χ2n) is 9.75. The van der Waals surface area contributed by atoms with Gasteiger partial charge >= 0.3 is 5.97 Å². The van der Waals surface area contributed by atoms with Crippen molar-refractivity contribution in [2.24, 2.45) is 0 Å². The highest BCUT2D eigenvalue weighted by atomic mass is 32.2. The van der Waals surface area contributed by atoms with Crippen molar-refractivity contribution in [2.45, 2.75) is 23.5 Å². The Hall–Kier alpha value is -4.43. The molecule has 4 rings (SSSR count). The minimum Gasteiger partial charge on any atom is -0.497 e. The SMILES string of the molecule is COC(=O)c1ccc(C2C=C(C(=O)Nc3ccccc3N)OC(OCCN(CCO)S(=O)(=O)c3ccc(OC)cc3)C2)cc1. The Morgan fingerprint density at radius 3 is 2.36 bits per heavy atom. The van der Waals surface area contributed by atoms with Crippen molar-refractivity contribution in [3.05, 3.63) is 95.8 Å². The summed E-state index contributed by atoms with van der Waals surface area (Å²) in [6.07, 6.45) is 1.04. The van der Waals surface area contributed by atoms with Crippen molar-refractivity contribution in [3.8, 4) is 5.75 Å². The van der Waals surface area contributed by atoms with E-state index in [9.17, 15) is 23.1 Å². The number of esters is 1. The van der Waals surface area contributed by atoms with Gasteiger partial charge in [0.25, 0.3) is 5.91 Å². The summed E-state index contributed by atoms with van der Waals surface area (Å²) in [4.78, 5) is 25.2. The highest BCUT2D eigenvalue weighted by Crippen LogP contribution is 2.32. The number of sulfonamides is 1. The number of anilines is 2. The Balaban J connectivity index is 1.51. The average molecular weight is 626 g/mol. The third-order valence-electron chi connectivity index (χ3n) is 6.94. The lowest BCUT2D eigenvalue weighted by Crippen LogP contribution is -2.37. The van der Waals surface area contributed by atoms with E-state index in [1.165, 1.54) is 38.5 Å². The van der Waals surface area contributed by atoms with Gasteiger partial charge in [0.1, 0.15) is 5.75 Å². The summed E-state index contributed by atoms with van der Waals surface area (Å²) < 4.78 is 49.4. The van der Waals surface area contributed by atoms with Crippen LogP contribution in [0, 0.1) is 0 Å². The maximum atomic E-state index is 13.3. The van der Waals surface area contributed by atoms with Crippen LogP contribution in [0.5, 0.6) is 5.75 Å². The van der Waals surface area contributed by atoms with Crippen molar-refractivity contribution in [3.63, 3.8) is 0 Å². The van der Waals surface area contributed by atoms with Crippen molar-refractivity contribution < 1.29 is 42.1 Å². The number of hydrogen-bond donors (Lipinski definition) is 3. The predicted molar refractivity (Wildman–Crippen MR) is 162 cm³/mol. The van der Waals surface area contributed by atoms with E-state index < -0.39 is 34.8 Å². The van der Waals surface area contributed by atoms with Crippen LogP contribution in [0.2, 0.25) is 0 Å². The topological polar surface area (TPSA) is 167 Å². The van der Waals surface area contributed by atoms with Gasteiger partial charge in [-0.05, 0) is 60.2 Å². The Bertz CT molecular complexity index is 1580. The first-order valence-electron chi connectivity index (χ1n) is 13.8. The number of benzene rings is 3. The molecule has 234 valence electrons. The molecule has 3 aromatic rings. The summed E-state index contributed by atoms with van der Waals surface area (Å²) in [6.45, 7) is -0.716. The third-order valence-corrected chi connectivity index (χ3v) is 8.85. The highest BCUT2D eigenvalue weighted by Gasteiger charge is 2.30. The van der Waals surface area contributed by atoms with Crippen LogP contribution in [0.25, 0.3) is 0 Å². The molecule has 0 fully saturated rings. The molecule has 0 saturated carbocycles. The lowest BCUT2D eigenvalue weighted by molar-refractivity contribution is -0.143. The predicted octanol–water partition coefficient (Wildman–Crippen LogP) is 3.12. The molecule has 2 atom stereocenters. The first-order valence-corrected chi connectivity index (χ1v) is 15.2. The summed E-state index contributed by atoms with van der Waals surface area (Å²) in [5.41, 5.74) is 7.94. The quantitative estimate of drug-likeness (QED) is 0.190. The van der Waals surface area contributed by atoms with Gasteiger partial charge in [-0.3, -0.25) is 4.79 Å². The molecular formula is C31H35N3O9S. The molecule has 0 spiro atoms. The Labute approximate surface area is 256 Å². The third kappa shape index (κ3) is 7.94. The van der Waals surface area contributed by atoms with Gasteiger partial charge in [0.2, 0.25) is 16.3 Å². The van der Waals surface area contributed by atoms with E-state index in [0.29, 0.717) is 29.1 Å². The second kappa shape index (κ2) is 14.8. The number of carbonyl (C=O) groups is 2. The number of para-hydroxylation sites is 2. The Morgan fingerprint density at radius 2 is 1.73 bits per heavy atom. The van der Waals surface area contributed by atoms with Crippen LogP contribution in [0.15, 0.2) is 89.5 Å². The second-order valence-corrected chi connectivity index (χ2v) is 11.7. The number of hydrogen-bond acceptors (Lipinski definition) is 10. The van der Waals surface area contributed by atoms with Crippen LogP contribution in [-0.4, -0.2) is 76.5 Å². The standard InChI is InChI=1S/C31H35N3O9S/c1-40-24-11-13-25(14-12-24)44(38,39)34(15-17-35)16-18-42-29-20-23(21-7-9-22(10-8-21)31(37)41-2)19-28(43-29)30(36)33-27-6-4-3-5-26(27)32/h3-14,19,23,29,35H,15-18,20,32H2,1-2H3,(H,33,36). The van der Waals surface area contributed by atoms with E-state index in [-0.39, 0.29) is 36.3 Å². The fourth-order valence-corrected chi connectivity index (χ4v) is 5.99. The molecule has 44 heavy (non-hydrogen) atoms. The lowest BCUT2D eigenvalue weighted by atomic mass is 9.92. The maximum absolute atomic E-state index is 13.3. The molecule has 0 aromatic heterocycles. The summed E-state index contributed by atoms with van der Waals surface area (Å²) in [7, 11) is -1.17. The van der Waals surface area contributed by atoms with Crippen LogP contribution in [0.4, 0.5) is 11.4 Å². The van der Waals surface area contributed by atoms with Crippen molar-refractivity contribution in [2.75, 3.05) is 51.6 Å². The van der Waals surface area contributed by atoms with Crippen LogP contribution >= 0.6 is 0 Å². The first-order chi connectivity index (χ1) is 21.2. The van der Waals surface area contributed by atoms with Crippen LogP contribution in [-0.2, 0) is 29.0 Å². The van der Waals surface area contributed by atoms with E-state index in [1.54, 1.807) is 54.6 Å². The molecule has 1 aliphatic rings. The number of carbonyl (C=O) groups excluding carboxylic acids is 2. The number of allylic oxidation sites excluding steroid dienone is 1. The van der Waals surface area contributed by atoms with E-state index in [2.05, 4.69) is 5.32 Å². The normalized spacial score (nSPS) is 16.5. The van der Waals surface area contributed by atoms with Crippen LogP contribution in [0.3, 0.4) is 0 Å². The molecule has 2 unspecified atom stereocenters. The summed E-state index contributed by atoms with van der Waals surface area (Å²) in [6, 6.07) is 19.5. The zero-order valence-electron chi connectivity index (χ0n) is 24.3. The van der Waals surface area contributed by atoms with E-state index in [1.807, 2.05) is 0 Å². The van der Waals surface area contributed by atoms with E-state index >= 15 is 0 Å². The van der Waals surface area contributed by atoms with E-state index in [0.717, 1.165) is 9.87 Å². The van der Waals surface area contributed by atoms with Crippen LogP contribution in [0.1, 0.15) is 28.3 Å². The van der Waals surface area contributed by atoms with Crippen molar-refractivity contribution in [1.82, 2.24) is 4.31 Å². The minimum atomic E-state index is -3.95. The number of nitrogens with one attached hydrogen (secondary N) is 1. The van der Waals surface area contributed by atoms with Gasteiger partial charge < -0.3 is 35.1 Å². The Morgan fingerprint density at radius 1 is 1.02 bits per heavy atom. The molecule has 0 aliphatic carbocycles. The summed E-state index contributed by atoms with van der Waals surface area (Å²) >= 11 is 0. The number of nitrogens with two attached hydrogens (primary N) is 1. The zero-order valence-corrected chi connectivity index (χ0v) is 25.2. The minimum absolute atomic E-state index is 0.00961. The van der Waals surface area contributed by atoms with Gasteiger partial charge in [-0.15, -0.1) is 0 Å². The molecule has 3 aromatic carbocycles. The Kier molecular flexibility index (Phi) is 11.0. The molecule has 1 amide bonds. The molecule has 13 heteroatoms. The van der Waals surface area contributed by atoms with Crippen LogP contribution < -0.4 is 15.8 Å². The van der Waals surface area contributed by atoms with Gasteiger partial charge in [0, 0.05) is 25.4 Å². The summed E-state index contributed by atoms with van der Waals surface area (Å²) in [5, 5.41) is 12.3. The number of aliphatic hydroxyl groups is 1. The van der Waals surface area contributed by atoms with Gasteiger partial charge in [0.15, 0.2) is 5.76 Å². The molecule has 4 N–H and O–H groups in total. The number of rotatable bonds is 13. The van der Waals surface area contributed by atoms with Crippen molar-refractivity contribution in [1.29, 1.82) is 0 Å². The molecule has 12 nitrogen and oxygen atoms in total. The largest absolute Gasteiger partial charge is 0.497 e. The molecule has 0 bridgehead atoms. The fraction of sp³-hybridized carbons (Fsp3) is 0.290.